The summed E-state index contributed by atoms with van der Waals surface area (Å²) in [5.74, 6) is -0.134. The summed E-state index contributed by atoms with van der Waals surface area (Å²) >= 11 is 3.58. The molecule has 2 aromatic rings. The van der Waals surface area contributed by atoms with Gasteiger partial charge in [-0.1, -0.05) is 65.9 Å². The van der Waals surface area contributed by atoms with Crippen molar-refractivity contribution in [3.05, 3.63) is 64.1 Å². The fraction of sp³-hybridized carbons (Fsp3) is 0.606. The zero-order valence-electron chi connectivity index (χ0n) is 26.0. The number of methoxy groups -OCH3 is 1. The third kappa shape index (κ3) is 11.7. The lowest BCUT2D eigenvalue weighted by Gasteiger charge is -2.47. The van der Waals surface area contributed by atoms with E-state index in [1.54, 1.807) is 7.11 Å². The second-order valence-electron chi connectivity index (χ2n) is 12.7. The summed E-state index contributed by atoms with van der Waals surface area (Å²) in [5.41, 5.74) is 2.12. The van der Waals surface area contributed by atoms with Gasteiger partial charge in [0.1, 0.15) is 18.3 Å². The Bertz CT molecular complexity index is 1140. The number of ether oxygens (including phenoxy) is 7. The maximum atomic E-state index is 13.0. The Morgan fingerprint density at radius 3 is 2.47 bits per heavy atom. The second-order valence-corrected chi connectivity index (χ2v) is 19.1. The fourth-order valence-electron chi connectivity index (χ4n) is 5.35. The predicted octanol–water partition coefficient (Wildman–Crippen LogP) is 6.90. The zero-order valence-corrected chi connectivity index (χ0v) is 28.6. The van der Waals surface area contributed by atoms with Crippen molar-refractivity contribution in [1.29, 1.82) is 0 Å². The number of rotatable bonds is 16. The van der Waals surface area contributed by atoms with Gasteiger partial charge in [0, 0.05) is 45.0 Å². The molecule has 0 bridgehead atoms. The van der Waals surface area contributed by atoms with E-state index in [1.807, 2.05) is 48.5 Å². The third-order valence-electron chi connectivity index (χ3n) is 7.66. The quantitative estimate of drug-likeness (QED) is 0.108. The topological polar surface area (TPSA) is 81.7 Å². The summed E-state index contributed by atoms with van der Waals surface area (Å²) in [7, 11) is 0.462. The summed E-state index contributed by atoms with van der Waals surface area (Å²) in [6.07, 6.45) is 1.61. The molecular weight excluding hydrogens is 632 g/mol. The SMILES string of the molecule is COc1ccc(COC[C@H]2CC(=O)C[C@@]3(C[C@@H](OCOCC[Si](C)(C)C)C[C@H](CCOCc4ccccc4Br)O3)O2)cc1. The van der Waals surface area contributed by atoms with Crippen LogP contribution in [0.25, 0.3) is 0 Å². The fourth-order valence-corrected chi connectivity index (χ4v) is 6.50. The molecule has 0 N–H and O–H groups in total. The lowest BCUT2D eigenvalue weighted by atomic mass is 9.89. The number of Topliss-reactive ketones (excluding diaryl/α,β-unsaturated/α-hetero) is 1. The molecule has 10 heteroatoms. The Balaban J connectivity index is 1.33. The van der Waals surface area contributed by atoms with Crippen LogP contribution in [0.5, 0.6) is 5.75 Å². The monoisotopic (exact) mass is 678 g/mol. The van der Waals surface area contributed by atoms with Gasteiger partial charge in [0.2, 0.25) is 0 Å². The van der Waals surface area contributed by atoms with Crippen LogP contribution in [0.1, 0.15) is 43.2 Å². The lowest BCUT2D eigenvalue weighted by molar-refractivity contribution is -0.329. The molecule has 2 fully saturated rings. The summed E-state index contributed by atoms with van der Waals surface area (Å²) in [6.45, 7) is 9.65. The van der Waals surface area contributed by atoms with Gasteiger partial charge in [-0.25, -0.2) is 0 Å². The van der Waals surface area contributed by atoms with Gasteiger partial charge in [0.15, 0.2) is 5.79 Å². The highest BCUT2D eigenvalue weighted by Gasteiger charge is 2.49. The van der Waals surface area contributed by atoms with E-state index in [4.69, 9.17) is 33.2 Å². The first-order valence-electron chi connectivity index (χ1n) is 15.2. The van der Waals surface area contributed by atoms with Gasteiger partial charge in [-0.3, -0.25) is 4.79 Å². The molecular formula is C33H47BrO8Si. The van der Waals surface area contributed by atoms with E-state index in [1.165, 1.54) is 0 Å². The van der Waals surface area contributed by atoms with Gasteiger partial charge in [0.05, 0.1) is 51.7 Å². The van der Waals surface area contributed by atoms with Crippen molar-refractivity contribution in [3.63, 3.8) is 0 Å². The molecule has 4 atom stereocenters. The van der Waals surface area contributed by atoms with Crippen molar-refractivity contribution in [3.8, 4) is 5.75 Å². The third-order valence-corrected chi connectivity index (χ3v) is 10.1. The molecule has 43 heavy (non-hydrogen) atoms. The Morgan fingerprint density at radius 2 is 1.72 bits per heavy atom. The number of halogens is 1. The predicted molar refractivity (Wildman–Crippen MR) is 171 cm³/mol. The Morgan fingerprint density at radius 1 is 0.953 bits per heavy atom. The van der Waals surface area contributed by atoms with E-state index in [0.717, 1.165) is 27.4 Å². The van der Waals surface area contributed by atoms with Crippen LogP contribution in [0.2, 0.25) is 25.7 Å². The Hall–Kier alpha value is -1.63. The molecule has 2 aliphatic heterocycles. The van der Waals surface area contributed by atoms with Gasteiger partial charge in [-0.05, 0) is 41.8 Å². The maximum Gasteiger partial charge on any atom is 0.178 e. The number of carbonyl (C=O) groups excluding carboxylic acids is 1. The average Bonchev–Trinajstić information content (AvgIpc) is 2.95. The van der Waals surface area contributed by atoms with Crippen LogP contribution in [0, 0.1) is 0 Å². The number of hydrogen-bond donors (Lipinski definition) is 0. The molecule has 0 aliphatic carbocycles. The minimum Gasteiger partial charge on any atom is -0.497 e. The average molecular weight is 680 g/mol. The molecule has 2 aromatic carbocycles. The summed E-state index contributed by atoms with van der Waals surface area (Å²) in [4.78, 5) is 13.0. The van der Waals surface area contributed by atoms with Gasteiger partial charge in [-0.2, -0.15) is 0 Å². The smallest absolute Gasteiger partial charge is 0.178 e. The number of benzene rings is 2. The van der Waals surface area contributed by atoms with Crippen molar-refractivity contribution in [2.45, 2.75) is 95.1 Å². The first kappa shape index (κ1) is 34.2. The van der Waals surface area contributed by atoms with Crippen molar-refractivity contribution in [2.75, 3.05) is 33.7 Å². The van der Waals surface area contributed by atoms with Crippen molar-refractivity contribution < 1.29 is 38.0 Å². The molecule has 0 radical (unpaired) electrons. The van der Waals surface area contributed by atoms with Crippen LogP contribution < -0.4 is 4.74 Å². The largest absolute Gasteiger partial charge is 0.497 e. The number of carbonyl (C=O) groups is 1. The van der Waals surface area contributed by atoms with Crippen LogP contribution in [-0.4, -0.2) is 71.7 Å². The lowest BCUT2D eigenvalue weighted by Crippen LogP contribution is -2.55. The van der Waals surface area contributed by atoms with Gasteiger partial charge in [0.25, 0.3) is 0 Å². The van der Waals surface area contributed by atoms with Crippen LogP contribution in [0.3, 0.4) is 0 Å². The molecule has 4 rings (SSSR count). The molecule has 2 heterocycles. The normalized spacial score (nSPS) is 24.4. The highest BCUT2D eigenvalue weighted by atomic mass is 79.9. The van der Waals surface area contributed by atoms with Crippen molar-refractivity contribution >= 4 is 29.8 Å². The van der Waals surface area contributed by atoms with E-state index < -0.39 is 20.0 Å². The molecule has 1 spiro atoms. The molecule has 0 aromatic heterocycles. The molecule has 2 aliphatic rings. The second kappa shape index (κ2) is 16.6. The molecule has 0 unspecified atom stereocenters. The minimum atomic E-state index is -1.18. The van der Waals surface area contributed by atoms with Gasteiger partial charge in [-0.15, -0.1) is 0 Å². The van der Waals surface area contributed by atoms with Crippen LogP contribution in [0.15, 0.2) is 53.0 Å². The number of ketones is 1. The first-order chi connectivity index (χ1) is 20.6. The van der Waals surface area contributed by atoms with Crippen molar-refractivity contribution in [1.82, 2.24) is 0 Å². The maximum absolute atomic E-state index is 13.0. The molecule has 8 nitrogen and oxygen atoms in total. The van der Waals surface area contributed by atoms with E-state index in [-0.39, 0.29) is 31.2 Å². The molecule has 0 amide bonds. The van der Waals surface area contributed by atoms with Crippen LogP contribution >= 0.6 is 15.9 Å². The summed E-state index contributed by atoms with van der Waals surface area (Å²) in [6, 6.07) is 16.9. The van der Waals surface area contributed by atoms with Gasteiger partial charge < -0.3 is 33.2 Å². The highest BCUT2D eigenvalue weighted by Crippen LogP contribution is 2.40. The van der Waals surface area contributed by atoms with Crippen LogP contribution in [0.4, 0.5) is 0 Å². The summed E-state index contributed by atoms with van der Waals surface area (Å²) in [5, 5.41) is 0. The molecule has 2 saturated heterocycles. The van der Waals surface area contributed by atoms with Gasteiger partial charge >= 0.3 is 0 Å². The highest BCUT2D eigenvalue weighted by molar-refractivity contribution is 9.10. The van der Waals surface area contributed by atoms with Crippen molar-refractivity contribution in [2.24, 2.45) is 0 Å². The Labute approximate surface area is 265 Å². The van der Waals surface area contributed by atoms with E-state index in [2.05, 4.69) is 35.6 Å². The minimum absolute atomic E-state index is 0.111. The number of hydrogen-bond acceptors (Lipinski definition) is 8. The van der Waals surface area contributed by atoms with E-state index in [0.29, 0.717) is 58.7 Å². The van der Waals surface area contributed by atoms with E-state index >= 15 is 0 Å². The Kier molecular flexibility index (Phi) is 13.2. The van der Waals surface area contributed by atoms with Crippen LogP contribution in [-0.2, 0) is 46.4 Å². The first-order valence-corrected chi connectivity index (χ1v) is 19.7. The molecule has 0 saturated carbocycles. The zero-order chi connectivity index (χ0) is 30.7. The van der Waals surface area contributed by atoms with E-state index in [9.17, 15) is 4.79 Å². The molecule has 238 valence electrons. The standard InChI is InChI=1S/C33H47BrO8Si/c1-36-28-11-9-25(10-12-28)21-39-23-31-17-27(35)19-33(42-31)20-30(40-24-38-15-16-43(2,3)4)18-29(41-33)13-14-37-22-26-7-5-6-8-32(26)34/h5-12,29-31H,13-24H2,1-4H3/t29-,30-,31+,33-/m0/s1. The summed E-state index contributed by atoms with van der Waals surface area (Å²) < 4.78 is 43.4.